The number of fused-ring (bicyclic) bond motifs is 1. The number of carbonyl (C=O) groups excluding carboxylic acids is 1. The number of anilines is 1. The third-order valence-corrected chi connectivity index (χ3v) is 5.38. The molecule has 4 rings (SSSR count). The van der Waals surface area contributed by atoms with Crippen molar-refractivity contribution in [2.24, 2.45) is 0 Å². The minimum absolute atomic E-state index is 0.0505. The number of hydrogen-bond acceptors (Lipinski definition) is 6. The minimum atomic E-state index is -0.408. The molecule has 2 heterocycles. The third kappa shape index (κ3) is 4.05. The van der Waals surface area contributed by atoms with Crippen LogP contribution in [-0.2, 0) is 11.3 Å². The number of non-ortho nitro benzene ring substituents is 1. The Labute approximate surface area is 172 Å². The number of hydrogen-bond donors (Lipinski definition) is 0. The molecule has 0 unspecified atom stereocenters. The van der Waals surface area contributed by atoms with Crippen LogP contribution in [0.4, 0.5) is 11.4 Å². The molecule has 1 aliphatic rings. The summed E-state index contributed by atoms with van der Waals surface area (Å²) in [6.45, 7) is 2.80. The molecule has 1 amide bonds. The number of para-hydroxylation sites is 2. The lowest BCUT2D eigenvalue weighted by atomic mass is 10.2. The molecule has 0 saturated carbocycles. The van der Waals surface area contributed by atoms with E-state index in [1.165, 1.54) is 6.07 Å². The molecule has 0 N–H and O–H groups in total. The Kier molecular flexibility index (Phi) is 5.51. The fraction of sp³-hybridized carbons (Fsp3) is 0.333. The Morgan fingerprint density at radius 1 is 1.07 bits per heavy atom. The van der Waals surface area contributed by atoms with Gasteiger partial charge >= 0.3 is 5.76 Å². The molecular weight excluding hydrogens is 388 g/mol. The van der Waals surface area contributed by atoms with Crippen molar-refractivity contribution in [3.05, 3.63) is 69.2 Å². The van der Waals surface area contributed by atoms with Gasteiger partial charge in [0.15, 0.2) is 5.58 Å². The zero-order chi connectivity index (χ0) is 21.1. The van der Waals surface area contributed by atoms with Gasteiger partial charge in [0.2, 0.25) is 5.91 Å². The highest BCUT2D eigenvalue weighted by atomic mass is 16.6. The lowest BCUT2D eigenvalue weighted by molar-refractivity contribution is -0.384. The highest BCUT2D eigenvalue weighted by Crippen LogP contribution is 2.22. The van der Waals surface area contributed by atoms with Crippen molar-refractivity contribution < 1.29 is 14.1 Å². The average molecular weight is 410 g/mol. The van der Waals surface area contributed by atoms with Gasteiger partial charge in [-0.05, 0) is 24.6 Å². The van der Waals surface area contributed by atoms with Crippen LogP contribution in [0.1, 0.15) is 12.8 Å². The molecule has 0 atom stereocenters. The van der Waals surface area contributed by atoms with Gasteiger partial charge < -0.3 is 14.2 Å². The van der Waals surface area contributed by atoms with Crippen molar-refractivity contribution >= 4 is 28.4 Å². The highest BCUT2D eigenvalue weighted by Gasteiger charge is 2.22. The van der Waals surface area contributed by atoms with Crippen LogP contribution in [0.15, 0.2) is 57.7 Å². The maximum Gasteiger partial charge on any atom is 0.419 e. The first-order chi connectivity index (χ1) is 14.5. The number of amides is 1. The molecule has 9 heteroatoms. The van der Waals surface area contributed by atoms with Crippen LogP contribution in [0, 0.1) is 10.1 Å². The van der Waals surface area contributed by atoms with Gasteiger partial charge in [-0.15, -0.1) is 0 Å². The van der Waals surface area contributed by atoms with Crippen molar-refractivity contribution in [1.29, 1.82) is 0 Å². The molecule has 0 aliphatic carbocycles. The van der Waals surface area contributed by atoms with Gasteiger partial charge in [0, 0.05) is 57.0 Å². The first kappa shape index (κ1) is 19.7. The van der Waals surface area contributed by atoms with E-state index in [2.05, 4.69) is 0 Å². The number of nitro benzene ring substituents is 1. The summed E-state index contributed by atoms with van der Waals surface area (Å²) in [5.74, 6) is -0.358. The van der Waals surface area contributed by atoms with Gasteiger partial charge in [-0.1, -0.05) is 18.2 Å². The van der Waals surface area contributed by atoms with Gasteiger partial charge in [0.05, 0.1) is 10.4 Å². The van der Waals surface area contributed by atoms with Crippen LogP contribution < -0.4 is 10.7 Å². The smallest absolute Gasteiger partial charge is 0.408 e. The van der Waals surface area contributed by atoms with Crippen molar-refractivity contribution in [1.82, 2.24) is 9.47 Å². The summed E-state index contributed by atoms with van der Waals surface area (Å²) in [6, 6.07) is 13.8. The van der Waals surface area contributed by atoms with E-state index in [1.807, 2.05) is 34.1 Å². The van der Waals surface area contributed by atoms with Gasteiger partial charge in [-0.2, -0.15) is 0 Å². The van der Waals surface area contributed by atoms with E-state index in [9.17, 15) is 19.7 Å². The molecule has 0 bridgehead atoms. The molecule has 30 heavy (non-hydrogen) atoms. The number of oxazole rings is 1. The molecule has 1 fully saturated rings. The van der Waals surface area contributed by atoms with Crippen LogP contribution in [0.2, 0.25) is 0 Å². The number of piperazine rings is 1. The molecule has 0 radical (unpaired) electrons. The van der Waals surface area contributed by atoms with Crippen LogP contribution in [0.3, 0.4) is 0 Å². The number of aryl methyl sites for hydroxylation is 1. The lowest BCUT2D eigenvalue weighted by Crippen LogP contribution is -2.48. The van der Waals surface area contributed by atoms with Crippen molar-refractivity contribution in [3.63, 3.8) is 0 Å². The Morgan fingerprint density at radius 3 is 2.60 bits per heavy atom. The summed E-state index contributed by atoms with van der Waals surface area (Å²) >= 11 is 0. The van der Waals surface area contributed by atoms with E-state index in [0.717, 1.165) is 11.2 Å². The maximum absolute atomic E-state index is 12.6. The number of benzene rings is 2. The molecule has 0 spiro atoms. The average Bonchev–Trinajstić information content (AvgIpc) is 3.09. The van der Waals surface area contributed by atoms with Crippen LogP contribution in [0.5, 0.6) is 0 Å². The number of nitrogens with zero attached hydrogens (tertiary/aromatic N) is 4. The van der Waals surface area contributed by atoms with Gasteiger partial charge in [0.1, 0.15) is 0 Å². The fourth-order valence-electron chi connectivity index (χ4n) is 3.79. The molecule has 2 aromatic carbocycles. The van der Waals surface area contributed by atoms with E-state index in [4.69, 9.17) is 4.42 Å². The topological polar surface area (TPSA) is 102 Å². The number of aromatic nitrogens is 1. The molecule has 156 valence electrons. The second kappa shape index (κ2) is 8.40. The molecule has 1 saturated heterocycles. The van der Waals surface area contributed by atoms with Crippen LogP contribution in [0.25, 0.3) is 11.1 Å². The van der Waals surface area contributed by atoms with Gasteiger partial charge in [0.25, 0.3) is 5.69 Å². The largest absolute Gasteiger partial charge is 0.419 e. The summed E-state index contributed by atoms with van der Waals surface area (Å²) in [7, 11) is 0. The van der Waals surface area contributed by atoms with Gasteiger partial charge in [-0.25, -0.2) is 4.79 Å². The fourth-order valence-corrected chi connectivity index (χ4v) is 3.79. The van der Waals surface area contributed by atoms with Gasteiger partial charge in [-0.3, -0.25) is 19.5 Å². The normalized spacial score (nSPS) is 14.3. The molecule has 3 aromatic rings. The van der Waals surface area contributed by atoms with Crippen molar-refractivity contribution in [2.75, 3.05) is 31.1 Å². The van der Waals surface area contributed by atoms with Crippen molar-refractivity contribution in [2.45, 2.75) is 19.4 Å². The summed E-state index contributed by atoms with van der Waals surface area (Å²) in [6.07, 6.45) is 0.899. The number of rotatable bonds is 6. The van der Waals surface area contributed by atoms with Crippen LogP contribution >= 0.6 is 0 Å². The molecule has 1 aromatic heterocycles. The number of carbonyl (C=O) groups is 1. The van der Waals surface area contributed by atoms with E-state index in [1.54, 1.807) is 22.8 Å². The maximum atomic E-state index is 12.6. The lowest BCUT2D eigenvalue weighted by Gasteiger charge is -2.36. The summed E-state index contributed by atoms with van der Waals surface area (Å²) in [4.78, 5) is 39.0. The second-order valence-electron chi connectivity index (χ2n) is 7.24. The SMILES string of the molecule is O=C(CCCn1c(=O)oc2ccccc21)N1CCN(c2cccc([N+](=O)[O-])c2)CC1. The van der Waals surface area contributed by atoms with E-state index in [-0.39, 0.29) is 11.6 Å². The molecular formula is C21H22N4O5. The minimum Gasteiger partial charge on any atom is -0.408 e. The summed E-state index contributed by atoms with van der Waals surface area (Å²) < 4.78 is 6.77. The van der Waals surface area contributed by atoms with E-state index >= 15 is 0 Å². The van der Waals surface area contributed by atoms with Crippen molar-refractivity contribution in [3.8, 4) is 0 Å². The Bertz CT molecular complexity index is 1130. The third-order valence-electron chi connectivity index (χ3n) is 5.38. The second-order valence-corrected chi connectivity index (χ2v) is 7.24. The Hall–Kier alpha value is -3.62. The van der Waals surface area contributed by atoms with E-state index < -0.39 is 10.7 Å². The summed E-state index contributed by atoms with van der Waals surface area (Å²) in [5, 5.41) is 11.0. The number of nitro groups is 1. The molecule has 1 aliphatic heterocycles. The molecule has 9 nitrogen and oxygen atoms in total. The Morgan fingerprint density at radius 2 is 1.83 bits per heavy atom. The highest BCUT2D eigenvalue weighted by molar-refractivity contribution is 5.76. The zero-order valence-corrected chi connectivity index (χ0v) is 16.4. The predicted molar refractivity (Wildman–Crippen MR) is 112 cm³/mol. The Balaban J connectivity index is 1.29. The zero-order valence-electron chi connectivity index (χ0n) is 16.4. The van der Waals surface area contributed by atoms with Crippen LogP contribution in [-0.4, -0.2) is 46.5 Å². The quantitative estimate of drug-likeness (QED) is 0.457. The monoisotopic (exact) mass is 410 g/mol. The first-order valence-corrected chi connectivity index (χ1v) is 9.88. The standard InChI is InChI=1S/C21H22N4O5/c26-20(9-4-10-24-18-7-1-2-8-19(18)30-21(24)27)23-13-11-22(12-14-23)16-5-3-6-17(15-16)25(28)29/h1-3,5-8,15H,4,9-14H2. The summed E-state index contributed by atoms with van der Waals surface area (Å²) in [5.41, 5.74) is 2.14. The first-order valence-electron chi connectivity index (χ1n) is 9.88. The van der Waals surface area contributed by atoms with E-state index in [0.29, 0.717) is 51.1 Å². The predicted octanol–water partition coefficient (Wildman–Crippen LogP) is 2.63.